The van der Waals surface area contributed by atoms with Gasteiger partial charge in [-0.1, -0.05) is 35.3 Å². The molecule has 22 heavy (non-hydrogen) atoms. The normalized spacial score (nSPS) is 22.4. The van der Waals surface area contributed by atoms with Crippen molar-refractivity contribution in [2.45, 2.75) is 25.3 Å². The van der Waals surface area contributed by atoms with Crippen LogP contribution in [0.5, 0.6) is 0 Å². The molecule has 1 aliphatic heterocycles. The highest BCUT2D eigenvalue weighted by molar-refractivity contribution is 6.39. The van der Waals surface area contributed by atoms with Crippen molar-refractivity contribution < 1.29 is 9.94 Å². The van der Waals surface area contributed by atoms with Gasteiger partial charge in [-0.2, -0.15) is 0 Å². The Bertz CT molecular complexity index is 539. The van der Waals surface area contributed by atoms with Crippen LogP contribution in [-0.2, 0) is 4.74 Å². The van der Waals surface area contributed by atoms with Gasteiger partial charge >= 0.3 is 0 Å². The van der Waals surface area contributed by atoms with Crippen molar-refractivity contribution >= 4 is 28.9 Å². The third-order valence-corrected chi connectivity index (χ3v) is 4.82. The van der Waals surface area contributed by atoms with Crippen molar-refractivity contribution in [2.75, 3.05) is 31.4 Å². The van der Waals surface area contributed by atoms with Gasteiger partial charge in [-0.25, -0.2) is 5.06 Å². The lowest BCUT2D eigenvalue weighted by molar-refractivity contribution is 0.0463. The second-order valence-electron chi connectivity index (χ2n) is 5.59. The van der Waals surface area contributed by atoms with Gasteiger partial charge in [0.15, 0.2) is 0 Å². The number of anilines is 1. The Balaban J connectivity index is 1.87. The fourth-order valence-corrected chi connectivity index (χ4v) is 3.69. The topological polar surface area (TPSA) is 35.9 Å². The Morgan fingerprint density at radius 3 is 2.55 bits per heavy atom. The molecule has 1 fully saturated rings. The SMILES string of the molecule is ON(c1c(Cl)cccc1Cl)[C@H]1CCCC=C1N1CCOCC1. The summed E-state index contributed by atoms with van der Waals surface area (Å²) in [5.74, 6) is 0. The number of hydroxylamine groups is 1. The van der Waals surface area contributed by atoms with E-state index in [0.29, 0.717) is 15.7 Å². The summed E-state index contributed by atoms with van der Waals surface area (Å²) in [5, 5.41) is 12.9. The van der Waals surface area contributed by atoms with Crippen LogP contribution in [0.3, 0.4) is 0 Å². The summed E-state index contributed by atoms with van der Waals surface area (Å²) >= 11 is 12.5. The highest BCUT2D eigenvalue weighted by Gasteiger charge is 2.30. The van der Waals surface area contributed by atoms with E-state index in [1.54, 1.807) is 18.2 Å². The number of morpholine rings is 1. The van der Waals surface area contributed by atoms with Crippen molar-refractivity contribution in [3.05, 3.63) is 40.0 Å². The molecule has 1 atom stereocenters. The number of para-hydroxylation sites is 1. The fourth-order valence-electron chi connectivity index (χ4n) is 3.12. The minimum absolute atomic E-state index is 0.121. The molecule has 1 N–H and O–H groups in total. The van der Waals surface area contributed by atoms with E-state index in [-0.39, 0.29) is 6.04 Å². The molecule has 1 heterocycles. The lowest BCUT2D eigenvalue weighted by Crippen LogP contribution is -2.46. The third kappa shape index (κ3) is 3.20. The first kappa shape index (κ1) is 15.9. The summed E-state index contributed by atoms with van der Waals surface area (Å²) in [5.41, 5.74) is 1.63. The maximum absolute atomic E-state index is 10.8. The van der Waals surface area contributed by atoms with Crippen LogP contribution in [0.2, 0.25) is 10.0 Å². The zero-order valence-electron chi connectivity index (χ0n) is 12.3. The molecule has 0 radical (unpaired) electrons. The van der Waals surface area contributed by atoms with Gasteiger partial charge in [0.05, 0.1) is 29.3 Å². The van der Waals surface area contributed by atoms with Gasteiger partial charge in [0.1, 0.15) is 5.69 Å². The Morgan fingerprint density at radius 1 is 1.18 bits per heavy atom. The first-order chi connectivity index (χ1) is 10.7. The highest BCUT2D eigenvalue weighted by atomic mass is 35.5. The fraction of sp³-hybridized carbons (Fsp3) is 0.500. The smallest absolute Gasteiger partial charge is 0.101 e. The average Bonchev–Trinajstić information content (AvgIpc) is 2.55. The van der Waals surface area contributed by atoms with Crippen LogP contribution >= 0.6 is 23.2 Å². The van der Waals surface area contributed by atoms with E-state index in [1.807, 2.05) is 0 Å². The van der Waals surface area contributed by atoms with Crippen LogP contribution in [0.25, 0.3) is 0 Å². The van der Waals surface area contributed by atoms with E-state index in [1.165, 1.54) is 5.06 Å². The van der Waals surface area contributed by atoms with Gasteiger partial charge in [0.25, 0.3) is 0 Å². The lowest BCUT2D eigenvalue weighted by Gasteiger charge is -2.40. The van der Waals surface area contributed by atoms with Gasteiger partial charge in [-0.3, -0.25) is 5.21 Å². The minimum Gasteiger partial charge on any atom is -0.378 e. The van der Waals surface area contributed by atoms with Crippen LogP contribution < -0.4 is 5.06 Å². The molecular formula is C16H20Cl2N2O2. The number of rotatable bonds is 3. The highest BCUT2D eigenvalue weighted by Crippen LogP contribution is 2.37. The summed E-state index contributed by atoms with van der Waals surface area (Å²) in [4.78, 5) is 2.29. The Morgan fingerprint density at radius 2 is 1.86 bits per heavy atom. The molecule has 0 saturated carbocycles. The zero-order chi connectivity index (χ0) is 15.5. The third-order valence-electron chi connectivity index (χ3n) is 4.21. The largest absolute Gasteiger partial charge is 0.378 e. The molecule has 1 aromatic rings. The monoisotopic (exact) mass is 342 g/mol. The van der Waals surface area contributed by atoms with E-state index in [9.17, 15) is 5.21 Å². The predicted molar refractivity (Wildman–Crippen MR) is 88.8 cm³/mol. The zero-order valence-corrected chi connectivity index (χ0v) is 13.9. The predicted octanol–water partition coefficient (Wildman–Crippen LogP) is 3.96. The van der Waals surface area contributed by atoms with Gasteiger partial charge in [0, 0.05) is 18.8 Å². The number of nitrogens with zero attached hydrogens (tertiary/aromatic N) is 2. The van der Waals surface area contributed by atoms with E-state index in [2.05, 4.69) is 11.0 Å². The Labute approximate surface area is 140 Å². The van der Waals surface area contributed by atoms with Gasteiger partial charge in [-0.05, 0) is 31.4 Å². The van der Waals surface area contributed by atoms with Crippen LogP contribution in [0.1, 0.15) is 19.3 Å². The molecule has 1 saturated heterocycles. The van der Waals surface area contributed by atoms with Crippen LogP contribution in [0.4, 0.5) is 5.69 Å². The molecule has 1 aromatic carbocycles. The van der Waals surface area contributed by atoms with Crippen molar-refractivity contribution in [1.29, 1.82) is 0 Å². The molecular weight excluding hydrogens is 323 g/mol. The lowest BCUT2D eigenvalue weighted by atomic mass is 9.97. The molecule has 120 valence electrons. The Hall–Kier alpha value is -0.940. The van der Waals surface area contributed by atoms with Crippen LogP contribution in [0.15, 0.2) is 30.0 Å². The quantitative estimate of drug-likeness (QED) is 0.843. The average molecular weight is 343 g/mol. The maximum Gasteiger partial charge on any atom is 0.101 e. The number of allylic oxidation sites excluding steroid dienone is 1. The van der Waals surface area contributed by atoms with E-state index in [0.717, 1.165) is 51.3 Å². The van der Waals surface area contributed by atoms with Crippen molar-refractivity contribution in [3.63, 3.8) is 0 Å². The molecule has 0 bridgehead atoms. The van der Waals surface area contributed by atoms with Crippen molar-refractivity contribution in [1.82, 2.24) is 4.90 Å². The molecule has 6 heteroatoms. The van der Waals surface area contributed by atoms with Gasteiger partial charge in [0.2, 0.25) is 0 Å². The molecule has 0 aromatic heterocycles. The molecule has 0 spiro atoms. The second-order valence-corrected chi connectivity index (χ2v) is 6.40. The molecule has 2 aliphatic rings. The summed E-state index contributed by atoms with van der Waals surface area (Å²) in [6.45, 7) is 3.16. The number of hydrogen-bond acceptors (Lipinski definition) is 4. The number of halogens is 2. The van der Waals surface area contributed by atoms with Crippen LogP contribution in [-0.4, -0.2) is 42.5 Å². The van der Waals surface area contributed by atoms with Gasteiger partial charge < -0.3 is 9.64 Å². The summed E-state index contributed by atoms with van der Waals surface area (Å²) in [7, 11) is 0. The molecule has 1 aliphatic carbocycles. The van der Waals surface area contributed by atoms with Gasteiger partial charge in [-0.15, -0.1) is 0 Å². The second kappa shape index (κ2) is 7.09. The standard InChI is InChI=1S/C16H20Cl2N2O2/c17-12-4-3-5-13(18)16(12)20(21)15-7-2-1-6-14(15)19-8-10-22-11-9-19/h3-6,15,21H,1-2,7-11H2/t15-/m0/s1. The molecule has 3 rings (SSSR count). The number of ether oxygens (including phenoxy) is 1. The molecule has 4 nitrogen and oxygen atoms in total. The Kier molecular flexibility index (Phi) is 5.14. The van der Waals surface area contributed by atoms with E-state index in [4.69, 9.17) is 27.9 Å². The van der Waals surface area contributed by atoms with Crippen molar-refractivity contribution in [2.24, 2.45) is 0 Å². The summed E-state index contributed by atoms with van der Waals surface area (Å²) < 4.78 is 5.42. The molecule has 0 unspecified atom stereocenters. The first-order valence-corrected chi connectivity index (χ1v) is 8.39. The molecule has 0 amide bonds. The number of benzene rings is 1. The minimum atomic E-state index is -0.121. The maximum atomic E-state index is 10.8. The van der Waals surface area contributed by atoms with Crippen LogP contribution in [0, 0.1) is 0 Å². The summed E-state index contributed by atoms with van der Waals surface area (Å²) in [6.07, 6.45) is 5.17. The number of hydrogen-bond donors (Lipinski definition) is 1. The first-order valence-electron chi connectivity index (χ1n) is 7.63. The van der Waals surface area contributed by atoms with E-state index >= 15 is 0 Å². The van der Waals surface area contributed by atoms with Crippen molar-refractivity contribution in [3.8, 4) is 0 Å². The summed E-state index contributed by atoms with van der Waals surface area (Å²) in [6, 6.07) is 5.14. The van der Waals surface area contributed by atoms with E-state index < -0.39 is 0 Å².